The Morgan fingerprint density at radius 2 is 1.56 bits per heavy atom. The maximum atomic E-state index is 13.4. The minimum absolute atomic E-state index is 0.0191. The molecule has 0 saturated carbocycles. The average molecular weight is 530 g/mol. The number of rotatable bonds is 6. The van der Waals surface area contributed by atoms with Crippen LogP contribution in [0.1, 0.15) is 31.9 Å². The van der Waals surface area contributed by atoms with Crippen LogP contribution in [0, 0.1) is 6.92 Å². The van der Waals surface area contributed by atoms with Crippen molar-refractivity contribution in [1.82, 2.24) is 9.80 Å². The first-order valence-corrected chi connectivity index (χ1v) is 13.3. The number of amides is 2. The summed E-state index contributed by atoms with van der Waals surface area (Å²) in [4.78, 5) is 31.2. The van der Waals surface area contributed by atoms with Crippen LogP contribution in [-0.2, 0) is 16.1 Å². The lowest BCUT2D eigenvalue weighted by atomic mass is 10.1. The fourth-order valence-electron chi connectivity index (χ4n) is 3.65. The molecular formula is C27H35N3O4S2. The first-order valence-electron chi connectivity index (χ1n) is 12.0. The first kappa shape index (κ1) is 27.8. The second-order valence-electron chi connectivity index (χ2n) is 9.67. The summed E-state index contributed by atoms with van der Waals surface area (Å²) in [5, 5.41) is 0. The molecule has 0 atom stereocenters. The number of aryl methyl sites for hydroxylation is 1. The zero-order chi connectivity index (χ0) is 26.3. The van der Waals surface area contributed by atoms with Crippen LogP contribution < -0.4 is 9.64 Å². The van der Waals surface area contributed by atoms with E-state index in [9.17, 15) is 9.59 Å². The Kier molecular flexibility index (Phi) is 9.62. The third kappa shape index (κ3) is 8.13. The molecule has 1 fully saturated rings. The molecule has 0 aliphatic carbocycles. The van der Waals surface area contributed by atoms with Gasteiger partial charge in [-0.2, -0.15) is 0 Å². The largest absolute Gasteiger partial charge is 0.497 e. The highest BCUT2D eigenvalue weighted by Crippen LogP contribution is 2.22. The second-order valence-corrected chi connectivity index (χ2v) is 11.3. The highest BCUT2D eigenvalue weighted by molar-refractivity contribution is 8.23. The zero-order valence-electron chi connectivity index (χ0n) is 21.7. The van der Waals surface area contributed by atoms with Crippen LogP contribution in [0.2, 0.25) is 0 Å². The monoisotopic (exact) mass is 529 g/mol. The Morgan fingerprint density at radius 1 is 0.972 bits per heavy atom. The maximum absolute atomic E-state index is 13.4. The number of carbonyl (C=O) groups is 2. The Bertz CT molecular complexity index is 1040. The van der Waals surface area contributed by atoms with Gasteiger partial charge in [-0.3, -0.25) is 4.79 Å². The number of hydrogen-bond acceptors (Lipinski definition) is 6. The van der Waals surface area contributed by atoms with Crippen molar-refractivity contribution >= 4 is 46.0 Å². The molecule has 0 spiro atoms. The van der Waals surface area contributed by atoms with Gasteiger partial charge in [0.15, 0.2) is 0 Å². The van der Waals surface area contributed by atoms with E-state index in [0.717, 1.165) is 22.6 Å². The van der Waals surface area contributed by atoms with Crippen LogP contribution >= 0.6 is 24.0 Å². The molecule has 7 nitrogen and oxygen atoms in total. The minimum Gasteiger partial charge on any atom is -0.497 e. The van der Waals surface area contributed by atoms with Crippen LogP contribution in [0.3, 0.4) is 0 Å². The predicted molar refractivity (Wildman–Crippen MR) is 150 cm³/mol. The van der Waals surface area contributed by atoms with Crippen molar-refractivity contribution < 1.29 is 19.1 Å². The first-order chi connectivity index (χ1) is 17.1. The van der Waals surface area contributed by atoms with E-state index in [4.69, 9.17) is 21.7 Å². The van der Waals surface area contributed by atoms with Gasteiger partial charge in [0.2, 0.25) is 5.91 Å². The van der Waals surface area contributed by atoms with E-state index in [-0.39, 0.29) is 17.8 Å². The third-order valence-corrected chi connectivity index (χ3v) is 7.16. The molecule has 0 aromatic heterocycles. The Hall–Kier alpha value is -2.78. The number of anilines is 1. The lowest BCUT2D eigenvalue weighted by Crippen LogP contribution is -2.51. The average Bonchev–Trinajstić information content (AvgIpc) is 2.85. The molecule has 1 heterocycles. The second kappa shape index (κ2) is 12.5. The quantitative estimate of drug-likeness (QED) is 0.482. The van der Waals surface area contributed by atoms with E-state index >= 15 is 0 Å². The van der Waals surface area contributed by atoms with Gasteiger partial charge in [-0.15, -0.1) is 0 Å². The number of hydrogen-bond donors (Lipinski definition) is 0. The van der Waals surface area contributed by atoms with Crippen LogP contribution in [0.25, 0.3) is 0 Å². The smallest absolute Gasteiger partial charge is 0.410 e. The molecular weight excluding hydrogens is 494 g/mol. The van der Waals surface area contributed by atoms with Gasteiger partial charge in [0.1, 0.15) is 15.7 Å². The van der Waals surface area contributed by atoms with Crippen molar-refractivity contribution in [3.8, 4) is 5.75 Å². The maximum Gasteiger partial charge on any atom is 0.410 e. The Morgan fingerprint density at radius 3 is 2.11 bits per heavy atom. The molecule has 0 N–H and O–H groups in total. The molecule has 2 amide bonds. The highest BCUT2D eigenvalue weighted by atomic mass is 32.2. The topological polar surface area (TPSA) is 62.3 Å². The summed E-state index contributed by atoms with van der Waals surface area (Å²) in [6, 6.07) is 15.7. The number of piperazine rings is 1. The zero-order valence-corrected chi connectivity index (χ0v) is 23.3. The number of methoxy groups -OCH3 is 1. The van der Waals surface area contributed by atoms with Gasteiger partial charge in [-0.05, 0) is 57.5 Å². The fraction of sp³-hybridized carbons (Fsp3) is 0.444. The molecule has 3 rings (SSSR count). The van der Waals surface area contributed by atoms with Crippen molar-refractivity contribution in [2.45, 2.75) is 39.8 Å². The van der Waals surface area contributed by atoms with E-state index in [1.165, 1.54) is 11.8 Å². The third-order valence-electron chi connectivity index (χ3n) is 5.66. The molecule has 0 bridgehead atoms. The summed E-state index contributed by atoms with van der Waals surface area (Å²) >= 11 is 7.00. The van der Waals surface area contributed by atoms with Crippen LogP contribution in [0.4, 0.5) is 10.5 Å². The number of benzene rings is 2. The summed E-state index contributed by atoms with van der Waals surface area (Å²) in [7, 11) is 1.63. The summed E-state index contributed by atoms with van der Waals surface area (Å²) in [6.07, 6.45) is -0.303. The van der Waals surface area contributed by atoms with Gasteiger partial charge in [-0.25, -0.2) is 4.79 Å². The molecule has 1 saturated heterocycles. The van der Waals surface area contributed by atoms with E-state index in [0.29, 0.717) is 37.0 Å². The fourth-order valence-corrected chi connectivity index (χ4v) is 4.78. The summed E-state index contributed by atoms with van der Waals surface area (Å²) < 4.78 is 11.4. The van der Waals surface area contributed by atoms with Crippen molar-refractivity contribution in [2.75, 3.05) is 43.9 Å². The number of thioether (sulfide) groups is 1. The summed E-state index contributed by atoms with van der Waals surface area (Å²) in [6.45, 7) is 10.4. The SMILES string of the molecule is COc1ccc(CN(C(=O)CSC(=S)N2CCN(C(=O)OC(C)(C)C)CC2)c2ccc(C)cc2)cc1. The van der Waals surface area contributed by atoms with Crippen molar-refractivity contribution in [2.24, 2.45) is 0 Å². The normalized spacial score (nSPS) is 13.8. The van der Waals surface area contributed by atoms with Gasteiger partial charge in [0.05, 0.1) is 19.4 Å². The van der Waals surface area contributed by atoms with Crippen molar-refractivity contribution in [1.29, 1.82) is 0 Å². The summed E-state index contributed by atoms with van der Waals surface area (Å²) in [5.74, 6) is 0.990. The molecule has 2 aromatic rings. The molecule has 36 heavy (non-hydrogen) atoms. The van der Waals surface area contributed by atoms with Crippen LogP contribution in [0.5, 0.6) is 5.75 Å². The van der Waals surface area contributed by atoms with Crippen molar-refractivity contribution in [3.05, 3.63) is 59.7 Å². The molecule has 194 valence electrons. The minimum atomic E-state index is -0.519. The summed E-state index contributed by atoms with van der Waals surface area (Å²) in [5.41, 5.74) is 2.47. The van der Waals surface area contributed by atoms with Gasteiger partial charge in [0.25, 0.3) is 0 Å². The molecule has 1 aliphatic heterocycles. The van der Waals surface area contributed by atoms with Gasteiger partial charge in [0, 0.05) is 31.9 Å². The highest BCUT2D eigenvalue weighted by Gasteiger charge is 2.27. The number of carbonyl (C=O) groups excluding carboxylic acids is 2. The van der Waals surface area contributed by atoms with E-state index < -0.39 is 5.60 Å². The van der Waals surface area contributed by atoms with Crippen LogP contribution in [0.15, 0.2) is 48.5 Å². The van der Waals surface area contributed by atoms with Gasteiger partial charge < -0.3 is 24.2 Å². The molecule has 0 radical (unpaired) electrons. The standard InChI is InChI=1S/C27H35N3O4S2/c1-20-6-10-22(11-7-20)30(18-21-8-12-23(33-5)13-9-21)24(31)19-36-26(35)29-16-14-28(15-17-29)25(32)34-27(2,3)4/h6-13H,14-19H2,1-5H3. The van der Waals surface area contributed by atoms with E-state index in [1.54, 1.807) is 16.9 Å². The number of ether oxygens (including phenoxy) is 2. The van der Waals surface area contributed by atoms with Crippen molar-refractivity contribution in [3.63, 3.8) is 0 Å². The molecule has 1 aliphatic rings. The number of nitrogens with zero attached hydrogens (tertiary/aromatic N) is 3. The van der Waals surface area contributed by atoms with E-state index in [2.05, 4.69) is 0 Å². The van der Waals surface area contributed by atoms with Gasteiger partial charge in [-0.1, -0.05) is 53.8 Å². The molecule has 9 heteroatoms. The predicted octanol–water partition coefficient (Wildman–Crippen LogP) is 5.11. The van der Waals surface area contributed by atoms with Crippen LogP contribution in [-0.4, -0.2) is 70.8 Å². The lowest BCUT2D eigenvalue weighted by molar-refractivity contribution is -0.116. The molecule has 0 unspecified atom stereocenters. The Labute approximate surface area is 223 Å². The number of thiocarbonyl (C=S) groups is 1. The Balaban J connectivity index is 1.58. The lowest BCUT2D eigenvalue weighted by Gasteiger charge is -2.36. The molecule has 2 aromatic carbocycles. The van der Waals surface area contributed by atoms with E-state index in [1.807, 2.05) is 81.1 Å². The van der Waals surface area contributed by atoms with Gasteiger partial charge >= 0.3 is 6.09 Å².